The molecular formula is C12H17N3O2. The Balaban J connectivity index is 2.58. The normalized spacial score (nSPS) is 13.8. The first kappa shape index (κ1) is 13.4. The first-order valence-corrected chi connectivity index (χ1v) is 5.39. The van der Waals surface area contributed by atoms with Crippen LogP contribution in [0.5, 0.6) is 0 Å². The van der Waals surface area contributed by atoms with Gasteiger partial charge < -0.3 is 15.2 Å². The van der Waals surface area contributed by atoms with Gasteiger partial charge in [0.2, 0.25) is 0 Å². The molecule has 17 heavy (non-hydrogen) atoms. The van der Waals surface area contributed by atoms with Crippen molar-refractivity contribution < 1.29 is 9.84 Å². The molecule has 5 nitrogen and oxygen atoms in total. The Morgan fingerprint density at radius 3 is 3.06 bits per heavy atom. The molecule has 1 rings (SSSR count). The molecule has 0 fully saturated rings. The van der Waals surface area contributed by atoms with Crippen molar-refractivity contribution in [2.24, 2.45) is 0 Å². The number of aromatic nitrogens is 1. The lowest BCUT2D eigenvalue weighted by Crippen LogP contribution is -2.34. The Morgan fingerprint density at radius 2 is 2.41 bits per heavy atom. The SMILES string of the molecule is COCCC(C)(O)CNc1cccnc1C#N. The minimum Gasteiger partial charge on any atom is -0.388 e. The van der Waals surface area contributed by atoms with Gasteiger partial charge in [-0.25, -0.2) is 4.98 Å². The van der Waals surface area contributed by atoms with Crippen molar-refractivity contribution in [1.29, 1.82) is 5.26 Å². The smallest absolute Gasteiger partial charge is 0.163 e. The van der Waals surface area contributed by atoms with E-state index in [1.165, 1.54) is 0 Å². The summed E-state index contributed by atoms with van der Waals surface area (Å²) in [5.74, 6) is 0. The molecule has 0 amide bonds. The molecule has 0 aliphatic carbocycles. The van der Waals surface area contributed by atoms with E-state index in [1.807, 2.05) is 6.07 Å². The third-order valence-corrected chi connectivity index (χ3v) is 2.42. The Morgan fingerprint density at radius 1 is 1.65 bits per heavy atom. The largest absolute Gasteiger partial charge is 0.388 e. The van der Waals surface area contributed by atoms with Gasteiger partial charge in [0.25, 0.3) is 0 Å². The van der Waals surface area contributed by atoms with Gasteiger partial charge in [0.05, 0.1) is 11.3 Å². The molecule has 1 aromatic rings. The summed E-state index contributed by atoms with van der Waals surface area (Å²) in [4.78, 5) is 3.93. The minimum atomic E-state index is -0.876. The van der Waals surface area contributed by atoms with Gasteiger partial charge >= 0.3 is 0 Å². The number of nitrogens with one attached hydrogen (secondary N) is 1. The third-order valence-electron chi connectivity index (χ3n) is 2.42. The molecular weight excluding hydrogens is 218 g/mol. The molecule has 2 N–H and O–H groups in total. The van der Waals surface area contributed by atoms with Crippen LogP contribution in [-0.2, 0) is 4.74 Å². The average Bonchev–Trinajstić information content (AvgIpc) is 2.34. The van der Waals surface area contributed by atoms with E-state index in [1.54, 1.807) is 32.4 Å². The van der Waals surface area contributed by atoms with Crippen LogP contribution in [0.3, 0.4) is 0 Å². The predicted octanol–water partition coefficient (Wildman–Crippen LogP) is 1.15. The summed E-state index contributed by atoms with van der Waals surface area (Å²) >= 11 is 0. The van der Waals surface area contributed by atoms with Crippen LogP contribution in [0.25, 0.3) is 0 Å². The van der Waals surface area contributed by atoms with E-state index in [9.17, 15) is 5.11 Å². The van der Waals surface area contributed by atoms with E-state index in [0.717, 1.165) is 0 Å². The molecule has 5 heteroatoms. The van der Waals surface area contributed by atoms with Gasteiger partial charge in [-0.1, -0.05) is 0 Å². The molecule has 1 unspecified atom stereocenters. The molecule has 0 aromatic carbocycles. The topological polar surface area (TPSA) is 78.2 Å². The second-order valence-corrected chi connectivity index (χ2v) is 4.10. The Bertz CT molecular complexity index is 399. The highest BCUT2D eigenvalue weighted by Crippen LogP contribution is 2.14. The van der Waals surface area contributed by atoms with Gasteiger partial charge in [0.1, 0.15) is 6.07 Å². The van der Waals surface area contributed by atoms with Crippen LogP contribution >= 0.6 is 0 Å². The van der Waals surface area contributed by atoms with E-state index in [4.69, 9.17) is 10.00 Å². The number of hydrogen-bond donors (Lipinski definition) is 2. The van der Waals surface area contributed by atoms with Gasteiger partial charge in [-0.2, -0.15) is 5.26 Å². The molecule has 92 valence electrons. The molecule has 0 aliphatic rings. The molecule has 1 aromatic heterocycles. The lowest BCUT2D eigenvalue weighted by Gasteiger charge is -2.23. The van der Waals surface area contributed by atoms with E-state index >= 15 is 0 Å². The van der Waals surface area contributed by atoms with Crippen molar-refractivity contribution in [2.45, 2.75) is 18.9 Å². The van der Waals surface area contributed by atoms with Gasteiger partial charge in [0, 0.05) is 32.9 Å². The van der Waals surface area contributed by atoms with Gasteiger partial charge in [0.15, 0.2) is 5.69 Å². The van der Waals surface area contributed by atoms with Crippen molar-refractivity contribution in [3.8, 4) is 6.07 Å². The number of methoxy groups -OCH3 is 1. The predicted molar refractivity (Wildman–Crippen MR) is 64.6 cm³/mol. The highest BCUT2D eigenvalue weighted by Gasteiger charge is 2.20. The highest BCUT2D eigenvalue weighted by molar-refractivity contribution is 5.53. The molecule has 0 bridgehead atoms. The summed E-state index contributed by atoms with van der Waals surface area (Å²) in [6.45, 7) is 2.56. The zero-order valence-corrected chi connectivity index (χ0v) is 10.1. The van der Waals surface area contributed by atoms with Crippen LogP contribution < -0.4 is 5.32 Å². The van der Waals surface area contributed by atoms with Crippen molar-refractivity contribution >= 4 is 5.69 Å². The quantitative estimate of drug-likeness (QED) is 0.773. The lowest BCUT2D eigenvalue weighted by atomic mass is 10.0. The van der Waals surface area contributed by atoms with Gasteiger partial charge in [-0.3, -0.25) is 0 Å². The second kappa shape index (κ2) is 6.18. The molecule has 0 radical (unpaired) electrons. The molecule has 0 saturated carbocycles. The number of nitriles is 1. The van der Waals surface area contributed by atoms with Crippen LogP contribution in [0, 0.1) is 11.3 Å². The fourth-order valence-electron chi connectivity index (χ4n) is 1.33. The fourth-order valence-corrected chi connectivity index (χ4v) is 1.33. The highest BCUT2D eigenvalue weighted by atomic mass is 16.5. The Kier molecular flexibility index (Phi) is 4.88. The number of aliphatic hydroxyl groups is 1. The van der Waals surface area contributed by atoms with E-state index < -0.39 is 5.60 Å². The van der Waals surface area contributed by atoms with Crippen LogP contribution in [-0.4, -0.2) is 36.0 Å². The van der Waals surface area contributed by atoms with E-state index in [-0.39, 0.29) is 0 Å². The maximum atomic E-state index is 10.0. The summed E-state index contributed by atoms with van der Waals surface area (Å²) in [7, 11) is 1.60. The van der Waals surface area contributed by atoms with Crippen LogP contribution in [0.1, 0.15) is 19.0 Å². The first-order valence-electron chi connectivity index (χ1n) is 5.39. The summed E-state index contributed by atoms with van der Waals surface area (Å²) in [6.07, 6.45) is 2.09. The molecule has 0 aliphatic heterocycles. The average molecular weight is 235 g/mol. The van der Waals surface area contributed by atoms with Crippen LogP contribution in [0.15, 0.2) is 18.3 Å². The third kappa shape index (κ3) is 4.39. The monoisotopic (exact) mass is 235 g/mol. The van der Waals surface area contributed by atoms with Gasteiger partial charge in [-0.15, -0.1) is 0 Å². The number of rotatable bonds is 6. The standard InChI is InChI=1S/C12H17N3O2/c1-12(16,5-7-17-2)9-15-10-4-3-6-14-11(10)8-13/h3-4,6,15-16H,5,7,9H2,1-2H3. The fraction of sp³-hybridized carbons (Fsp3) is 0.500. The van der Waals surface area contributed by atoms with Crippen molar-refractivity contribution in [2.75, 3.05) is 25.6 Å². The Hall–Kier alpha value is -1.64. The van der Waals surface area contributed by atoms with E-state index in [0.29, 0.717) is 31.0 Å². The van der Waals surface area contributed by atoms with Crippen LogP contribution in [0.2, 0.25) is 0 Å². The number of hydrogen-bond acceptors (Lipinski definition) is 5. The van der Waals surface area contributed by atoms with Crippen molar-refractivity contribution in [3.05, 3.63) is 24.0 Å². The first-order chi connectivity index (χ1) is 8.09. The molecule has 0 saturated heterocycles. The minimum absolute atomic E-state index is 0.329. The molecule has 1 heterocycles. The number of ether oxygens (including phenoxy) is 1. The van der Waals surface area contributed by atoms with Gasteiger partial charge in [-0.05, 0) is 19.1 Å². The second-order valence-electron chi connectivity index (χ2n) is 4.10. The van der Waals surface area contributed by atoms with Crippen molar-refractivity contribution in [1.82, 2.24) is 4.98 Å². The maximum Gasteiger partial charge on any atom is 0.163 e. The molecule has 1 atom stereocenters. The lowest BCUT2D eigenvalue weighted by molar-refractivity contribution is 0.0357. The Labute approximate surface area is 101 Å². The number of nitrogens with zero attached hydrogens (tertiary/aromatic N) is 2. The van der Waals surface area contributed by atoms with Crippen LogP contribution in [0.4, 0.5) is 5.69 Å². The number of pyridine rings is 1. The number of anilines is 1. The summed E-state index contributed by atoms with van der Waals surface area (Å²) in [5, 5.41) is 21.9. The summed E-state index contributed by atoms with van der Waals surface area (Å²) in [6, 6.07) is 5.50. The zero-order valence-electron chi connectivity index (χ0n) is 10.1. The summed E-state index contributed by atoms with van der Waals surface area (Å²) in [5.41, 5.74) is 0.0845. The van der Waals surface area contributed by atoms with E-state index in [2.05, 4.69) is 10.3 Å². The zero-order chi connectivity index (χ0) is 12.7. The maximum absolute atomic E-state index is 10.0. The van der Waals surface area contributed by atoms with Crippen molar-refractivity contribution in [3.63, 3.8) is 0 Å². The summed E-state index contributed by atoms with van der Waals surface area (Å²) < 4.78 is 4.92. The molecule has 0 spiro atoms.